The smallest absolute Gasteiger partial charge is 0.220 e. The van der Waals surface area contributed by atoms with Gasteiger partial charge in [0, 0.05) is 18.8 Å². The summed E-state index contributed by atoms with van der Waals surface area (Å²) in [6.45, 7) is 1.83. The van der Waals surface area contributed by atoms with Crippen molar-refractivity contribution in [3.8, 4) is 0 Å². The molecule has 0 radical (unpaired) electrons. The van der Waals surface area contributed by atoms with Gasteiger partial charge in [-0.3, -0.25) is 4.57 Å². The van der Waals surface area contributed by atoms with Crippen molar-refractivity contribution in [3.63, 3.8) is 0 Å². The summed E-state index contributed by atoms with van der Waals surface area (Å²) < 4.78 is 17.0. The molecule has 0 saturated carbocycles. The highest BCUT2D eigenvalue weighted by molar-refractivity contribution is 7.58. The van der Waals surface area contributed by atoms with Crippen LogP contribution in [-0.4, -0.2) is 36.5 Å². The van der Waals surface area contributed by atoms with E-state index in [2.05, 4.69) is 0 Å². The van der Waals surface area contributed by atoms with Crippen molar-refractivity contribution >= 4 is 13.1 Å². The van der Waals surface area contributed by atoms with Gasteiger partial charge in [-0.25, -0.2) is 9.34 Å². The number of benzene rings is 1. The predicted molar refractivity (Wildman–Crippen MR) is 72.0 cm³/mol. The van der Waals surface area contributed by atoms with Gasteiger partial charge in [-0.15, -0.1) is 0 Å². The molecule has 1 aromatic rings. The van der Waals surface area contributed by atoms with Gasteiger partial charge in [0.2, 0.25) is 7.44 Å². The highest BCUT2D eigenvalue weighted by Gasteiger charge is 2.35. The number of nitrogens with two attached hydrogens (primary N) is 1. The molecule has 1 aliphatic heterocycles. The molecule has 2 rings (SSSR count). The molecule has 1 fully saturated rings. The van der Waals surface area contributed by atoms with E-state index in [4.69, 9.17) is 5.73 Å². The van der Waals surface area contributed by atoms with Gasteiger partial charge in [0.1, 0.15) is 0 Å². The van der Waals surface area contributed by atoms with Crippen molar-refractivity contribution in [2.45, 2.75) is 12.6 Å². The number of nitrogens with zero attached hydrogens (tertiary/aromatic N) is 2. The summed E-state index contributed by atoms with van der Waals surface area (Å²) in [4.78, 5) is 0. The van der Waals surface area contributed by atoms with Crippen LogP contribution in [-0.2, 0) is 10.7 Å². The average Bonchev–Trinajstić information content (AvgIpc) is 2.30. The van der Waals surface area contributed by atoms with Crippen molar-refractivity contribution in [1.29, 1.82) is 0 Å². The summed E-state index contributed by atoms with van der Waals surface area (Å²) in [7, 11) is 1.50. The number of rotatable bonds is 2. The zero-order chi connectivity index (χ0) is 12.5. The molecule has 0 aromatic heterocycles. The van der Waals surface area contributed by atoms with Crippen LogP contribution in [0.2, 0.25) is 0 Å². The summed E-state index contributed by atoms with van der Waals surface area (Å²) in [6.07, 6.45) is 1.68. The molecular weight excluding hydrogens is 233 g/mol. The molecule has 5 heteroatoms. The van der Waals surface area contributed by atoms with Crippen LogP contribution in [0.15, 0.2) is 24.3 Å². The van der Waals surface area contributed by atoms with Crippen LogP contribution in [0.1, 0.15) is 12.0 Å². The minimum Gasteiger partial charge on any atom is -0.399 e. The van der Waals surface area contributed by atoms with Crippen molar-refractivity contribution in [2.75, 3.05) is 32.9 Å². The second-order valence-electron chi connectivity index (χ2n) is 4.68. The Morgan fingerprint density at radius 2 is 1.71 bits per heavy atom. The fourth-order valence-electron chi connectivity index (χ4n) is 2.20. The molecule has 1 aromatic carbocycles. The Morgan fingerprint density at radius 3 is 2.24 bits per heavy atom. The van der Waals surface area contributed by atoms with E-state index in [0.717, 1.165) is 30.8 Å². The van der Waals surface area contributed by atoms with E-state index >= 15 is 0 Å². The Labute approximate surface area is 103 Å². The Hall–Kier alpha value is -0.830. The van der Waals surface area contributed by atoms with Crippen LogP contribution in [0, 0.1) is 0 Å². The first-order valence-corrected chi connectivity index (χ1v) is 7.69. The lowest BCUT2D eigenvalue weighted by Gasteiger charge is -2.39. The molecule has 17 heavy (non-hydrogen) atoms. The van der Waals surface area contributed by atoms with Crippen LogP contribution in [0.4, 0.5) is 5.69 Å². The summed E-state index contributed by atoms with van der Waals surface area (Å²) in [6, 6.07) is 7.66. The Morgan fingerprint density at radius 1 is 1.18 bits per heavy atom. The average molecular weight is 253 g/mol. The van der Waals surface area contributed by atoms with Gasteiger partial charge in [0.25, 0.3) is 0 Å². The van der Waals surface area contributed by atoms with Crippen LogP contribution in [0.5, 0.6) is 0 Å². The van der Waals surface area contributed by atoms with Crippen molar-refractivity contribution in [1.82, 2.24) is 9.34 Å². The molecule has 0 aliphatic carbocycles. The van der Waals surface area contributed by atoms with E-state index in [-0.39, 0.29) is 0 Å². The van der Waals surface area contributed by atoms with E-state index in [1.54, 1.807) is 0 Å². The lowest BCUT2D eigenvalue weighted by atomic mass is 10.2. The lowest BCUT2D eigenvalue weighted by Crippen LogP contribution is -2.35. The predicted octanol–water partition coefficient (Wildman–Crippen LogP) is 2.23. The zero-order valence-corrected chi connectivity index (χ0v) is 11.4. The minimum atomic E-state index is -2.41. The topological polar surface area (TPSA) is 49.6 Å². The lowest BCUT2D eigenvalue weighted by molar-refractivity contribution is 0.331. The number of anilines is 1. The molecule has 0 atom stereocenters. The third-order valence-electron chi connectivity index (χ3n) is 3.40. The maximum atomic E-state index is 13.0. The van der Waals surface area contributed by atoms with Gasteiger partial charge in [-0.1, -0.05) is 12.1 Å². The molecule has 1 heterocycles. The number of nitrogen functional groups attached to an aromatic ring is 1. The molecular formula is C12H20N3OP. The molecule has 0 unspecified atom stereocenters. The third-order valence-corrected chi connectivity index (χ3v) is 6.71. The Bertz CT molecular complexity index is 418. The normalized spacial score (nSPS) is 21.5. The first-order chi connectivity index (χ1) is 8.02. The van der Waals surface area contributed by atoms with Gasteiger partial charge in [0.05, 0.1) is 6.16 Å². The van der Waals surface area contributed by atoms with Gasteiger partial charge in [0.15, 0.2) is 0 Å². The number of hydrogen-bond donors (Lipinski definition) is 1. The van der Waals surface area contributed by atoms with Gasteiger partial charge < -0.3 is 5.73 Å². The fourth-order valence-corrected chi connectivity index (χ4v) is 4.80. The summed E-state index contributed by atoms with van der Waals surface area (Å²) in [5.74, 6) is 0. The van der Waals surface area contributed by atoms with Crippen LogP contribution in [0.25, 0.3) is 0 Å². The van der Waals surface area contributed by atoms with E-state index < -0.39 is 7.44 Å². The third kappa shape index (κ3) is 2.54. The molecule has 1 saturated heterocycles. The highest BCUT2D eigenvalue weighted by Crippen LogP contribution is 2.56. The molecule has 0 amide bonds. The van der Waals surface area contributed by atoms with Crippen molar-refractivity contribution in [2.24, 2.45) is 0 Å². The fraction of sp³-hybridized carbons (Fsp3) is 0.500. The molecule has 1 aliphatic rings. The first kappa shape index (κ1) is 12.6. The maximum absolute atomic E-state index is 13.0. The summed E-state index contributed by atoms with van der Waals surface area (Å²) in [5, 5.41) is 0. The second kappa shape index (κ2) is 4.81. The molecule has 0 bridgehead atoms. The molecule has 0 spiro atoms. The molecule has 2 N–H and O–H groups in total. The molecule has 4 nitrogen and oxygen atoms in total. The number of hydrogen-bond acceptors (Lipinski definition) is 2. The quantitative estimate of drug-likeness (QED) is 0.648. The minimum absolute atomic E-state index is 0.597. The van der Waals surface area contributed by atoms with E-state index in [1.807, 2.05) is 47.7 Å². The van der Waals surface area contributed by atoms with Gasteiger partial charge in [-0.05, 0) is 38.2 Å². The van der Waals surface area contributed by atoms with E-state index in [0.29, 0.717) is 6.16 Å². The summed E-state index contributed by atoms with van der Waals surface area (Å²) in [5.41, 5.74) is 7.49. The maximum Gasteiger partial charge on any atom is 0.220 e. The zero-order valence-electron chi connectivity index (χ0n) is 10.5. The first-order valence-electron chi connectivity index (χ1n) is 5.89. The Kier molecular flexibility index (Phi) is 3.57. The highest BCUT2D eigenvalue weighted by atomic mass is 31.2. The largest absolute Gasteiger partial charge is 0.399 e. The monoisotopic (exact) mass is 253 g/mol. The van der Waals surface area contributed by atoms with E-state index in [9.17, 15) is 4.57 Å². The van der Waals surface area contributed by atoms with Crippen LogP contribution < -0.4 is 5.73 Å². The second-order valence-corrected chi connectivity index (χ2v) is 7.69. The molecule has 94 valence electrons. The van der Waals surface area contributed by atoms with E-state index in [1.165, 1.54) is 0 Å². The standard InChI is InChI=1S/C12H20N3OP/c1-14-8-3-9-15(2)17(14,16)10-11-4-6-12(13)7-5-11/h4-7H,3,8-10,13H2,1-2H3. The van der Waals surface area contributed by atoms with Gasteiger partial charge in [-0.2, -0.15) is 0 Å². The summed E-state index contributed by atoms with van der Waals surface area (Å²) >= 11 is 0. The van der Waals surface area contributed by atoms with Crippen LogP contribution >= 0.6 is 7.44 Å². The van der Waals surface area contributed by atoms with Gasteiger partial charge >= 0.3 is 0 Å². The Balaban J connectivity index is 2.20. The SMILES string of the molecule is CN1CCCN(C)P1(=O)Cc1ccc(N)cc1. The van der Waals surface area contributed by atoms with Crippen molar-refractivity contribution < 1.29 is 4.57 Å². The van der Waals surface area contributed by atoms with Crippen molar-refractivity contribution in [3.05, 3.63) is 29.8 Å². The van der Waals surface area contributed by atoms with Crippen LogP contribution in [0.3, 0.4) is 0 Å².